The fourth-order valence-electron chi connectivity index (χ4n) is 3.40. The van der Waals surface area contributed by atoms with E-state index in [0.29, 0.717) is 24.0 Å². The molecule has 1 fully saturated rings. The van der Waals surface area contributed by atoms with E-state index in [1.165, 1.54) is 37.0 Å². The Bertz CT molecular complexity index is 723. The number of guanidine groups is 1. The number of carbonyl (C=O) groups is 1. The summed E-state index contributed by atoms with van der Waals surface area (Å²) in [5.41, 5.74) is 1.51. The summed E-state index contributed by atoms with van der Waals surface area (Å²) in [5.74, 6) is 1.09. The maximum absolute atomic E-state index is 12.2. The molecule has 0 radical (unpaired) electrons. The minimum atomic E-state index is -4.34. The van der Waals surface area contributed by atoms with Crippen molar-refractivity contribution in [2.45, 2.75) is 51.4 Å². The van der Waals surface area contributed by atoms with Crippen LogP contribution in [0.25, 0.3) is 0 Å². The predicted molar refractivity (Wildman–Crippen MR) is 130 cm³/mol. The number of amides is 1. The number of aliphatic imine (C=N–C) groups is 1. The topological polar surface area (TPSA) is 66.0 Å². The zero-order valence-electron chi connectivity index (χ0n) is 18.7. The molecule has 1 aliphatic carbocycles. The van der Waals surface area contributed by atoms with Gasteiger partial charge in [0, 0.05) is 20.6 Å². The highest BCUT2D eigenvalue weighted by molar-refractivity contribution is 14.0. The van der Waals surface area contributed by atoms with E-state index in [9.17, 15) is 18.0 Å². The molecule has 2 N–H and O–H groups in total. The van der Waals surface area contributed by atoms with Crippen LogP contribution in [-0.4, -0.2) is 56.7 Å². The zero-order chi connectivity index (χ0) is 22.7. The standard InChI is InChI=1S/C22H33F3N4O2.HI/c1-29(2)20(30)14-28-21(26-12-17-7-4-3-5-8-17)27-13-18-9-6-10-19(11-18)15-31-16-22(23,24)25;/h6,9-11,17H,3-5,7-8,12-16H2,1-2H3,(H2,26,27,28);1H. The second kappa shape index (κ2) is 14.6. The number of nitrogens with zero attached hydrogens (tertiary/aromatic N) is 2. The van der Waals surface area contributed by atoms with Gasteiger partial charge in [-0.15, -0.1) is 24.0 Å². The van der Waals surface area contributed by atoms with Gasteiger partial charge in [0.25, 0.3) is 0 Å². The zero-order valence-corrected chi connectivity index (χ0v) is 21.0. The van der Waals surface area contributed by atoms with Crippen molar-refractivity contribution in [2.24, 2.45) is 10.9 Å². The normalized spacial score (nSPS) is 15.1. The van der Waals surface area contributed by atoms with Crippen molar-refractivity contribution >= 4 is 35.8 Å². The van der Waals surface area contributed by atoms with Gasteiger partial charge in [-0.1, -0.05) is 43.5 Å². The maximum Gasteiger partial charge on any atom is 0.411 e. The van der Waals surface area contributed by atoms with Crippen molar-refractivity contribution in [3.63, 3.8) is 0 Å². The summed E-state index contributed by atoms with van der Waals surface area (Å²) in [7, 11) is 3.39. The Morgan fingerprint density at radius 2 is 1.84 bits per heavy atom. The van der Waals surface area contributed by atoms with Crippen molar-refractivity contribution in [3.05, 3.63) is 35.4 Å². The maximum atomic E-state index is 12.2. The van der Waals surface area contributed by atoms with Crippen LogP contribution < -0.4 is 10.6 Å². The summed E-state index contributed by atoms with van der Waals surface area (Å²) in [5, 5.41) is 6.41. The Balaban J connectivity index is 0.00000512. The van der Waals surface area contributed by atoms with E-state index in [1.807, 2.05) is 6.07 Å². The Morgan fingerprint density at radius 1 is 1.16 bits per heavy atom. The van der Waals surface area contributed by atoms with Crippen molar-refractivity contribution in [3.8, 4) is 0 Å². The van der Waals surface area contributed by atoms with Crippen molar-refractivity contribution in [1.29, 1.82) is 0 Å². The summed E-state index contributed by atoms with van der Waals surface area (Å²) >= 11 is 0. The van der Waals surface area contributed by atoms with Crippen LogP contribution in [0.15, 0.2) is 29.3 Å². The lowest BCUT2D eigenvalue weighted by Gasteiger charge is -2.23. The van der Waals surface area contributed by atoms with Crippen LogP contribution in [0, 0.1) is 5.92 Å². The third-order valence-electron chi connectivity index (χ3n) is 5.13. The lowest BCUT2D eigenvalue weighted by atomic mass is 9.89. The number of carbonyl (C=O) groups excluding carboxylic acids is 1. The van der Waals surface area contributed by atoms with Crippen molar-refractivity contribution in [1.82, 2.24) is 15.5 Å². The summed E-state index contributed by atoms with van der Waals surface area (Å²) in [4.78, 5) is 18.0. The minimum Gasteiger partial charge on any atom is -0.367 e. The van der Waals surface area contributed by atoms with Gasteiger partial charge in [0.15, 0.2) is 5.96 Å². The highest BCUT2D eigenvalue weighted by Gasteiger charge is 2.27. The van der Waals surface area contributed by atoms with E-state index in [2.05, 4.69) is 15.6 Å². The summed E-state index contributed by atoms with van der Waals surface area (Å²) in [6.07, 6.45) is 1.82. The fraction of sp³-hybridized carbons (Fsp3) is 0.636. The first-order valence-corrected chi connectivity index (χ1v) is 10.7. The lowest BCUT2D eigenvalue weighted by molar-refractivity contribution is -0.176. The van der Waals surface area contributed by atoms with E-state index in [-0.39, 0.29) is 43.0 Å². The minimum absolute atomic E-state index is 0. The van der Waals surface area contributed by atoms with E-state index in [1.54, 1.807) is 32.3 Å². The lowest BCUT2D eigenvalue weighted by Crippen LogP contribution is -2.44. The molecule has 2 rings (SSSR count). The Morgan fingerprint density at radius 3 is 2.50 bits per heavy atom. The molecule has 1 aromatic rings. The molecule has 0 saturated heterocycles. The number of alkyl halides is 3. The monoisotopic (exact) mass is 570 g/mol. The molecule has 32 heavy (non-hydrogen) atoms. The number of hydrogen-bond acceptors (Lipinski definition) is 3. The number of halogens is 4. The number of benzene rings is 1. The molecule has 0 spiro atoms. The van der Waals surface area contributed by atoms with Crippen LogP contribution in [0.4, 0.5) is 13.2 Å². The molecule has 0 bridgehead atoms. The molecule has 0 atom stereocenters. The number of likely N-dealkylation sites (N-methyl/N-ethyl adjacent to an activating group) is 1. The first-order chi connectivity index (χ1) is 14.7. The summed E-state index contributed by atoms with van der Waals surface area (Å²) in [6.45, 7) is -0.112. The molecule has 182 valence electrons. The first kappa shape index (κ1) is 28.5. The van der Waals surface area contributed by atoms with Crippen LogP contribution in [-0.2, 0) is 22.7 Å². The van der Waals surface area contributed by atoms with Gasteiger partial charge in [-0.3, -0.25) is 4.79 Å². The van der Waals surface area contributed by atoms with E-state index in [0.717, 1.165) is 12.1 Å². The SMILES string of the molecule is CN(C)C(=O)CNC(=NCc1cccc(COCC(F)(F)F)c1)NCC1CCCCC1.I. The molecule has 1 saturated carbocycles. The van der Waals surface area contributed by atoms with E-state index in [4.69, 9.17) is 4.74 Å². The van der Waals surface area contributed by atoms with Gasteiger partial charge < -0.3 is 20.3 Å². The summed E-state index contributed by atoms with van der Waals surface area (Å²) in [6, 6.07) is 7.14. The molecule has 1 aliphatic rings. The Hall–Kier alpha value is -1.56. The smallest absolute Gasteiger partial charge is 0.367 e. The highest BCUT2D eigenvalue weighted by atomic mass is 127. The summed E-state index contributed by atoms with van der Waals surface area (Å²) < 4.78 is 41.5. The number of ether oxygens (including phenoxy) is 1. The average Bonchev–Trinajstić information content (AvgIpc) is 2.73. The highest BCUT2D eigenvalue weighted by Crippen LogP contribution is 2.22. The van der Waals surface area contributed by atoms with Crippen molar-refractivity contribution < 1.29 is 22.7 Å². The quantitative estimate of drug-likeness (QED) is 0.267. The predicted octanol–water partition coefficient (Wildman–Crippen LogP) is 4.09. The largest absolute Gasteiger partial charge is 0.411 e. The molecule has 0 heterocycles. The number of hydrogen-bond donors (Lipinski definition) is 2. The van der Waals surface area contributed by atoms with Gasteiger partial charge in [-0.05, 0) is 29.9 Å². The molecule has 1 aromatic carbocycles. The molecule has 1 amide bonds. The second-order valence-electron chi connectivity index (χ2n) is 8.12. The van der Waals surface area contributed by atoms with Crippen LogP contribution >= 0.6 is 24.0 Å². The van der Waals surface area contributed by atoms with Gasteiger partial charge in [0.05, 0.1) is 19.7 Å². The van der Waals surface area contributed by atoms with Gasteiger partial charge in [0.2, 0.25) is 5.91 Å². The molecule has 0 aliphatic heterocycles. The Labute approximate surface area is 205 Å². The third-order valence-corrected chi connectivity index (χ3v) is 5.13. The molecule has 6 nitrogen and oxygen atoms in total. The van der Waals surface area contributed by atoms with Gasteiger partial charge in [0.1, 0.15) is 6.61 Å². The molecule has 0 aromatic heterocycles. The van der Waals surface area contributed by atoms with E-state index < -0.39 is 12.8 Å². The fourth-order valence-corrected chi connectivity index (χ4v) is 3.40. The van der Waals surface area contributed by atoms with Crippen LogP contribution in [0.3, 0.4) is 0 Å². The first-order valence-electron chi connectivity index (χ1n) is 10.7. The second-order valence-corrected chi connectivity index (χ2v) is 8.12. The van der Waals surface area contributed by atoms with Crippen LogP contribution in [0.5, 0.6) is 0 Å². The molecule has 0 unspecified atom stereocenters. The van der Waals surface area contributed by atoms with E-state index >= 15 is 0 Å². The Kier molecular flexibility index (Phi) is 13.0. The molecule has 10 heteroatoms. The van der Waals surface area contributed by atoms with Crippen LogP contribution in [0.2, 0.25) is 0 Å². The van der Waals surface area contributed by atoms with Crippen LogP contribution in [0.1, 0.15) is 43.2 Å². The van der Waals surface area contributed by atoms with Gasteiger partial charge in [-0.2, -0.15) is 13.2 Å². The van der Waals surface area contributed by atoms with Crippen molar-refractivity contribution in [2.75, 3.05) is 33.8 Å². The van der Waals surface area contributed by atoms with Gasteiger partial charge in [-0.25, -0.2) is 4.99 Å². The average molecular weight is 570 g/mol. The molecular weight excluding hydrogens is 536 g/mol. The molecular formula is C22H34F3IN4O2. The van der Waals surface area contributed by atoms with Gasteiger partial charge >= 0.3 is 6.18 Å². The third kappa shape index (κ3) is 11.9. The number of nitrogens with one attached hydrogen (secondary N) is 2. The number of rotatable bonds is 9.